The summed E-state index contributed by atoms with van der Waals surface area (Å²) in [5, 5.41) is 7.89. The third-order valence-electron chi connectivity index (χ3n) is 4.72. The molecule has 8 nitrogen and oxygen atoms in total. The van der Waals surface area contributed by atoms with Crippen molar-refractivity contribution in [1.82, 2.24) is 24.9 Å². The molecule has 3 rings (SSSR count). The predicted molar refractivity (Wildman–Crippen MR) is 109 cm³/mol. The predicted octanol–water partition coefficient (Wildman–Crippen LogP) is 1.90. The number of halogens is 1. The van der Waals surface area contributed by atoms with Gasteiger partial charge in [-0.2, -0.15) is 5.10 Å². The van der Waals surface area contributed by atoms with E-state index in [0.29, 0.717) is 39.3 Å². The number of hydrogen-bond acceptors (Lipinski definition) is 4. The van der Waals surface area contributed by atoms with Crippen LogP contribution in [0, 0.1) is 5.82 Å². The number of hydrogen-bond donors (Lipinski definition) is 1. The third-order valence-corrected chi connectivity index (χ3v) is 4.72. The molecule has 2 heterocycles. The van der Waals surface area contributed by atoms with E-state index in [0.717, 1.165) is 23.8 Å². The normalized spacial score (nSPS) is 14.8. The van der Waals surface area contributed by atoms with Gasteiger partial charge in [-0.15, -0.1) is 0 Å². The number of carbonyl (C=O) groups excluding carboxylic acids is 1. The van der Waals surface area contributed by atoms with Gasteiger partial charge in [-0.05, 0) is 37.3 Å². The average molecular weight is 402 g/mol. The van der Waals surface area contributed by atoms with Gasteiger partial charge in [0.2, 0.25) is 0 Å². The molecule has 2 aromatic rings. The minimum Gasteiger partial charge on any atom is -0.450 e. The van der Waals surface area contributed by atoms with Gasteiger partial charge in [0.1, 0.15) is 5.82 Å². The molecule has 0 saturated carbocycles. The summed E-state index contributed by atoms with van der Waals surface area (Å²) in [6.07, 6.45) is 2.34. The van der Waals surface area contributed by atoms with Gasteiger partial charge in [0, 0.05) is 52.4 Å². The molecule has 0 aliphatic carbocycles. The summed E-state index contributed by atoms with van der Waals surface area (Å²) in [7, 11) is 1.75. The maximum Gasteiger partial charge on any atom is 0.409 e. The Morgan fingerprint density at radius 2 is 1.86 bits per heavy atom. The van der Waals surface area contributed by atoms with Gasteiger partial charge in [0.15, 0.2) is 5.96 Å². The first-order valence-corrected chi connectivity index (χ1v) is 9.78. The maximum absolute atomic E-state index is 13.1. The molecule has 0 radical (unpaired) electrons. The van der Waals surface area contributed by atoms with Crippen LogP contribution in [0.1, 0.15) is 12.6 Å². The van der Waals surface area contributed by atoms with E-state index >= 15 is 0 Å². The highest BCUT2D eigenvalue weighted by molar-refractivity contribution is 5.80. The molecule has 0 bridgehead atoms. The van der Waals surface area contributed by atoms with Crippen molar-refractivity contribution in [2.24, 2.45) is 4.99 Å². The van der Waals surface area contributed by atoms with Crippen molar-refractivity contribution in [3.8, 4) is 5.69 Å². The van der Waals surface area contributed by atoms with Crippen molar-refractivity contribution in [1.29, 1.82) is 0 Å². The standard InChI is InChI=1S/C20H27FN6O2/c1-3-29-20(28)26-14-12-25(13-15-26)19(22-2)23-10-8-17-9-11-27(24-17)18-6-4-16(21)5-7-18/h4-7,9,11H,3,8,10,12-15H2,1-2H3,(H,22,23). The third kappa shape index (κ3) is 5.46. The Bertz CT molecular complexity index is 828. The molecule has 1 aromatic heterocycles. The molecule has 0 spiro atoms. The largest absolute Gasteiger partial charge is 0.450 e. The number of rotatable bonds is 5. The monoisotopic (exact) mass is 402 g/mol. The quantitative estimate of drug-likeness (QED) is 0.611. The van der Waals surface area contributed by atoms with Gasteiger partial charge in [0.25, 0.3) is 0 Å². The van der Waals surface area contributed by atoms with E-state index in [1.807, 2.05) is 19.2 Å². The molecule has 29 heavy (non-hydrogen) atoms. The van der Waals surface area contributed by atoms with Crippen LogP contribution in [0.4, 0.5) is 9.18 Å². The topological polar surface area (TPSA) is 75.0 Å². The van der Waals surface area contributed by atoms with Crippen LogP contribution in [0.2, 0.25) is 0 Å². The van der Waals surface area contributed by atoms with E-state index in [2.05, 4.69) is 20.3 Å². The number of benzene rings is 1. The number of aliphatic imine (C=N–C) groups is 1. The lowest BCUT2D eigenvalue weighted by Crippen LogP contribution is -2.54. The molecule has 0 atom stereocenters. The molecule has 1 aliphatic heterocycles. The molecule has 1 N–H and O–H groups in total. The lowest BCUT2D eigenvalue weighted by molar-refractivity contribution is 0.0914. The van der Waals surface area contributed by atoms with E-state index in [9.17, 15) is 9.18 Å². The zero-order valence-electron chi connectivity index (χ0n) is 16.8. The number of aromatic nitrogens is 2. The Balaban J connectivity index is 1.46. The summed E-state index contributed by atoms with van der Waals surface area (Å²) in [6, 6.07) is 8.18. The highest BCUT2D eigenvalue weighted by Crippen LogP contribution is 2.09. The molecule has 1 aromatic carbocycles. The summed E-state index contributed by atoms with van der Waals surface area (Å²) >= 11 is 0. The van der Waals surface area contributed by atoms with Crippen molar-refractivity contribution in [2.45, 2.75) is 13.3 Å². The van der Waals surface area contributed by atoms with Crippen LogP contribution < -0.4 is 5.32 Å². The number of ether oxygens (including phenoxy) is 1. The average Bonchev–Trinajstić information content (AvgIpc) is 3.21. The van der Waals surface area contributed by atoms with Crippen molar-refractivity contribution >= 4 is 12.1 Å². The fraction of sp³-hybridized carbons (Fsp3) is 0.450. The van der Waals surface area contributed by atoms with Crippen LogP contribution >= 0.6 is 0 Å². The number of piperazine rings is 1. The Labute approximate surface area is 170 Å². The zero-order chi connectivity index (χ0) is 20.6. The smallest absolute Gasteiger partial charge is 0.409 e. The van der Waals surface area contributed by atoms with Crippen LogP contribution in [0.5, 0.6) is 0 Å². The molecule has 0 unspecified atom stereocenters. The summed E-state index contributed by atoms with van der Waals surface area (Å²) in [6.45, 7) is 5.52. The molecule has 1 fully saturated rings. The van der Waals surface area contributed by atoms with Gasteiger partial charge in [0.05, 0.1) is 18.0 Å². The van der Waals surface area contributed by atoms with E-state index in [1.54, 1.807) is 28.8 Å². The zero-order valence-corrected chi connectivity index (χ0v) is 16.8. The second-order valence-electron chi connectivity index (χ2n) is 6.63. The first kappa shape index (κ1) is 20.6. The summed E-state index contributed by atoms with van der Waals surface area (Å²) in [5.41, 5.74) is 1.75. The number of carbonyl (C=O) groups is 1. The molecular formula is C20H27FN6O2. The molecule has 1 saturated heterocycles. The fourth-order valence-corrected chi connectivity index (χ4v) is 3.18. The van der Waals surface area contributed by atoms with Crippen LogP contribution in [0.3, 0.4) is 0 Å². The lowest BCUT2D eigenvalue weighted by Gasteiger charge is -2.35. The molecular weight excluding hydrogens is 375 g/mol. The number of nitrogens with zero attached hydrogens (tertiary/aromatic N) is 5. The van der Waals surface area contributed by atoms with Crippen molar-refractivity contribution in [3.05, 3.63) is 48.0 Å². The fourth-order valence-electron chi connectivity index (χ4n) is 3.18. The van der Waals surface area contributed by atoms with Gasteiger partial charge in [-0.25, -0.2) is 13.9 Å². The lowest BCUT2D eigenvalue weighted by atomic mass is 10.3. The minimum absolute atomic E-state index is 0.258. The van der Waals surface area contributed by atoms with E-state index < -0.39 is 0 Å². The Kier molecular flexibility index (Phi) is 7.04. The van der Waals surface area contributed by atoms with Crippen molar-refractivity contribution < 1.29 is 13.9 Å². The number of guanidine groups is 1. The summed E-state index contributed by atoms with van der Waals surface area (Å²) < 4.78 is 19.8. The minimum atomic E-state index is -0.264. The molecule has 1 amide bonds. The Morgan fingerprint density at radius 3 is 2.52 bits per heavy atom. The van der Waals surface area contributed by atoms with Gasteiger partial charge >= 0.3 is 6.09 Å². The highest BCUT2D eigenvalue weighted by Gasteiger charge is 2.23. The Morgan fingerprint density at radius 1 is 1.17 bits per heavy atom. The first-order chi connectivity index (χ1) is 14.1. The SMILES string of the molecule is CCOC(=O)N1CCN(C(=NC)NCCc2ccn(-c3ccc(F)cc3)n2)CC1. The number of amides is 1. The molecule has 156 valence electrons. The number of nitrogens with one attached hydrogen (secondary N) is 1. The second kappa shape index (κ2) is 9.90. The van der Waals surface area contributed by atoms with Crippen molar-refractivity contribution in [3.63, 3.8) is 0 Å². The van der Waals surface area contributed by atoms with Crippen LogP contribution in [0.25, 0.3) is 5.69 Å². The van der Waals surface area contributed by atoms with Crippen LogP contribution in [-0.2, 0) is 11.2 Å². The van der Waals surface area contributed by atoms with Gasteiger partial charge < -0.3 is 19.9 Å². The van der Waals surface area contributed by atoms with Gasteiger partial charge in [-0.1, -0.05) is 0 Å². The maximum atomic E-state index is 13.1. The Hall–Kier alpha value is -3.10. The highest BCUT2D eigenvalue weighted by atomic mass is 19.1. The van der Waals surface area contributed by atoms with Crippen molar-refractivity contribution in [2.75, 3.05) is 46.4 Å². The van der Waals surface area contributed by atoms with E-state index in [-0.39, 0.29) is 11.9 Å². The van der Waals surface area contributed by atoms with E-state index in [4.69, 9.17) is 4.74 Å². The summed E-state index contributed by atoms with van der Waals surface area (Å²) in [5.74, 6) is 0.547. The van der Waals surface area contributed by atoms with Gasteiger partial charge in [-0.3, -0.25) is 4.99 Å². The second-order valence-corrected chi connectivity index (χ2v) is 6.63. The van der Waals surface area contributed by atoms with Crippen LogP contribution in [-0.4, -0.2) is 78.0 Å². The molecule has 9 heteroatoms. The molecule has 1 aliphatic rings. The van der Waals surface area contributed by atoms with E-state index in [1.165, 1.54) is 12.1 Å². The first-order valence-electron chi connectivity index (χ1n) is 9.78. The summed E-state index contributed by atoms with van der Waals surface area (Å²) in [4.78, 5) is 20.0. The van der Waals surface area contributed by atoms with Crippen LogP contribution in [0.15, 0.2) is 41.5 Å².